The molecule has 0 bridgehead atoms. The van der Waals surface area contributed by atoms with Crippen molar-refractivity contribution < 1.29 is 9.47 Å². The van der Waals surface area contributed by atoms with Crippen LogP contribution >= 0.6 is 0 Å². The number of hydrogen-bond acceptors (Lipinski definition) is 4. The molecule has 0 aromatic heterocycles. The molecule has 1 aromatic rings. The molecule has 1 aliphatic carbocycles. The molecule has 4 heteroatoms. The molecule has 3 rings (SSSR count). The summed E-state index contributed by atoms with van der Waals surface area (Å²) in [5, 5.41) is 3.57. The Morgan fingerprint density at radius 1 is 1.30 bits per heavy atom. The Morgan fingerprint density at radius 2 is 2.10 bits per heavy atom. The predicted molar refractivity (Wildman–Crippen MR) is 79.0 cm³/mol. The highest BCUT2D eigenvalue weighted by atomic mass is 16.5. The van der Waals surface area contributed by atoms with Gasteiger partial charge in [0.2, 0.25) is 0 Å². The van der Waals surface area contributed by atoms with Gasteiger partial charge in [-0.3, -0.25) is 4.90 Å². The Morgan fingerprint density at radius 3 is 2.80 bits per heavy atom. The van der Waals surface area contributed by atoms with E-state index in [1.807, 2.05) is 0 Å². The van der Waals surface area contributed by atoms with E-state index in [9.17, 15) is 0 Å². The first kappa shape index (κ1) is 13.9. The Labute approximate surface area is 121 Å². The average molecular weight is 276 g/mol. The van der Waals surface area contributed by atoms with E-state index in [0.717, 1.165) is 51.2 Å². The number of nitrogens with zero attached hydrogens (tertiary/aromatic N) is 1. The lowest BCUT2D eigenvalue weighted by molar-refractivity contribution is 0.0339. The van der Waals surface area contributed by atoms with Gasteiger partial charge in [-0.1, -0.05) is 6.07 Å². The van der Waals surface area contributed by atoms with Crippen LogP contribution in [0.1, 0.15) is 24.0 Å². The van der Waals surface area contributed by atoms with Crippen LogP contribution in [-0.4, -0.2) is 44.4 Å². The van der Waals surface area contributed by atoms with Crippen LogP contribution in [0.15, 0.2) is 18.2 Å². The third-order valence-corrected chi connectivity index (χ3v) is 4.01. The van der Waals surface area contributed by atoms with Gasteiger partial charge in [0.15, 0.2) is 0 Å². The van der Waals surface area contributed by atoms with Crippen molar-refractivity contribution in [3.05, 3.63) is 29.3 Å². The molecule has 1 aliphatic heterocycles. The summed E-state index contributed by atoms with van der Waals surface area (Å²) < 4.78 is 10.9. The number of morpholine rings is 1. The molecule has 4 nitrogen and oxygen atoms in total. The smallest absolute Gasteiger partial charge is 0.123 e. The van der Waals surface area contributed by atoms with E-state index >= 15 is 0 Å². The number of methoxy groups -OCH3 is 1. The predicted octanol–water partition coefficient (Wildman–Crippen LogP) is 1.78. The van der Waals surface area contributed by atoms with Crippen molar-refractivity contribution in [2.24, 2.45) is 0 Å². The minimum absolute atomic E-state index is 0.750. The second kappa shape index (κ2) is 6.57. The van der Waals surface area contributed by atoms with Gasteiger partial charge in [0.25, 0.3) is 0 Å². The third-order valence-electron chi connectivity index (χ3n) is 4.01. The monoisotopic (exact) mass is 276 g/mol. The number of hydrogen-bond donors (Lipinski definition) is 1. The first-order valence-electron chi connectivity index (χ1n) is 7.54. The van der Waals surface area contributed by atoms with Crippen LogP contribution in [0.2, 0.25) is 0 Å². The molecule has 0 radical (unpaired) electrons. The lowest BCUT2D eigenvalue weighted by Crippen LogP contribution is -2.35. The maximum Gasteiger partial charge on any atom is 0.123 e. The maximum absolute atomic E-state index is 5.50. The van der Waals surface area contributed by atoms with Gasteiger partial charge in [0.05, 0.1) is 20.3 Å². The molecule has 20 heavy (non-hydrogen) atoms. The van der Waals surface area contributed by atoms with E-state index in [-0.39, 0.29) is 0 Å². The number of rotatable bonds is 6. The zero-order valence-electron chi connectivity index (χ0n) is 12.2. The van der Waals surface area contributed by atoms with Crippen LogP contribution in [-0.2, 0) is 17.8 Å². The van der Waals surface area contributed by atoms with Crippen LogP contribution in [0.3, 0.4) is 0 Å². The van der Waals surface area contributed by atoms with Crippen LogP contribution < -0.4 is 10.1 Å². The van der Waals surface area contributed by atoms with Gasteiger partial charge in [0.1, 0.15) is 5.75 Å². The molecule has 110 valence electrons. The fourth-order valence-corrected chi connectivity index (χ4v) is 2.62. The van der Waals surface area contributed by atoms with Crippen LogP contribution in [0.25, 0.3) is 0 Å². The van der Waals surface area contributed by atoms with E-state index < -0.39 is 0 Å². The lowest BCUT2D eigenvalue weighted by atomic mass is 10.1. The van der Waals surface area contributed by atoms with E-state index in [4.69, 9.17) is 9.47 Å². The normalized spacial score (nSPS) is 20.1. The molecule has 0 unspecified atom stereocenters. The highest BCUT2D eigenvalue weighted by Gasteiger charge is 2.20. The summed E-state index contributed by atoms with van der Waals surface area (Å²) in [5.41, 5.74) is 2.63. The zero-order valence-corrected chi connectivity index (χ0v) is 12.2. The average Bonchev–Trinajstić information content (AvgIpc) is 3.31. The number of benzene rings is 1. The standard InChI is InChI=1S/C16H24N2O2/c1-19-16-5-2-13(11-17-15-3-4-15)10-14(16)12-18-6-8-20-9-7-18/h2,5,10,15,17H,3-4,6-9,11-12H2,1H3. The topological polar surface area (TPSA) is 33.7 Å². The van der Waals surface area contributed by atoms with Crippen molar-refractivity contribution in [3.8, 4) is 5.75 Å². The molecule has 1 N–H and O–H groups in total. The minimum atomic E-state index is 0.750. The zero-order chi connectivity index (χ0) is 13.8. The SMILES string of the molecule is COc1ccc(CNC2CC2)cc1CN1CCOCC1. The molecule has 0 amide bonds. The molecular weight excluding hydrogens is 252 g/mol. The Bertz CT molecular complexity index is 440. The highest BCUT2D eigenvalue weighted by molar-refractivity contribution is 5.37. The van der Waals surface area contributed by atoms with Crippen molar-refractivity contribution >= 4 is 0 Å². The fraction of sp³-hybridized carbons (Fsp3) is 0.625. The molecule has 0 spiro atoms. The number of nitrogens with one attached hydrogen (secondary N) is 1. The molecule has 1 heterocycles. The van der Waals surface area contributed by atoms with E-state index in [1.54, 1.807) is 7.11 Å². The first-order chi connectivity index (χ1) is 9.85. The van der Waals surface area contributed by atoms with Crippen LogP contribution in [0, 0.1) is 0 Å². The van der Waals surface area contributed by atoms with Crippen molar-refractivity contribution in [2.75, 3.05) is 33.4 Å². The van der Waals surface area contributed by atoms with Gasteiger partial charge in [-0.2, -0.15) is 0 Å². The summed E-state index contributed by atoms with van der Waals surface area (Å²) in [6.45, 7) is 5.60. The van der Waals surface area contributed by atoms with Gasteiger partial charge in [0, 0.05) is 37.8 Å². The number of ether oxygens (including phenoxy) is 2. The lowest BCUT2D eigenvalue weighted by Gasteiger charge is -2.27. The Balaban J connectivity index is 1.66. The summed E-state index contributed by atoms with van der Waals surface area (Å²) >= 11 is 0. The van der Waals surface area contributed by atoms with Crippen molar-refractivity contribution in [2.45, 2.75) is 32.0 Å². The van der Waals surface area contributed by atoms with Gasteiger partial charge in [-0.25, -0.2) is 0 Å². The summed E-state index contributed by atoms with van der Waals surface area (Å²) in [7, 11) is 1.75. The quantitative estimate of drug-likeness (QED) is 0.859. The van der Waals surface area contributed by atoms with Gasteiger partial charge < -0.3 is 14.8 Å². The van der Waals surface area contributed by atoms with E-state index in [2.05, 4.69) is 28.4 Å². The summed E-state index contributed by atoms with van der Waals surface area (Å²) in [5.74, 6) is 0.992. The summed E-state index contributed by atoms with van der Waals surface area (Å²) in [6, 6.07) is 7.29. The maximum atomic E-state index is 5.50. The van der Waals surface area contributed by atoms with Gasteiger partial charge >= 0.3 is 0 Å². The van der Waals surface area contributed by atoms with E-state index in [1.165, 1.54) is 24.0 Å². The second-order valence-electron chi connectivity index (χ2n) is 5.69. The molecular formula is C16H24N2O2. The van der Waals surface area contributed by atoms with Gasteiger partial charge in [-0.05, 0) is 30.5 Å². The molecule has 2 aliphatic rings. The van der Waals surface area contributed by atoms with Crippen molar-refractivity contribution in [1.29, 1.82) is 0 Å². The fourth-order valence-electron chi connectivity index (χ4n) is 2.62. The molecule has 2 fully saturated rings. The minimum Gasteiger partial charge on any atom is -0.496 e. The van der Waals surface area contributed by atoms with Crippen molar-refractivity contribution in [3.63, 3.8) is 0 Å². The van der Waals surface area contributed by atoms with Crippen LogP contribution in [0.4, 0.5) is 0 Å². The molecule has 1 aromatic carbocycles. The Hall–Kier alpha value is -1.10. The largest absolute Gasteiger partial charge is 0.496 e. The summed E-state index contributed by atoms with van der Waals surface area (Å²) in [4.78, 5) is 2.43. The Kier molecular flexibility index (Phi) is 4.55. The highest BCUT2D eigenvalue weighted by Crippen LogP contribution is 2.23. The van der Waals surface area contributed by atoms with Crippen molar-refractivity contribution in [1.82, 2.24) is 10.2 Å². The first-order valence-corrected chi connectivity index (χ1v) is 7.54. The van der Waals surface area contributed by atoms with Crippen LogP contribution in [0.5, 0.6) is 5.75 Å². The third kappa shape index (κ3) is 3.72. The molecule has 1 saturated heterocycles. The van der Waals surface area contributed by atoms with E-state index in [0.29, 0.717) is 0 Å². The summed E-state index contributed by atoms with van der Waals surface area (Å²) in [6.07, 6.45) is 2.66. The second-order valence-corrected chi connectivity index (χ2v) is 5.69. The molecule has 1 saturated carbocycles. The van der Waals surface area contributed by atoms with Gasteiger partial charge in [-0.15, -0.1) is 0 Å². The molecule has 0 atom stereocenters.